The fraction of sp³-hybridized carbons (Fsp3) is 0.286. The highest BCUT2D eigenvalue weighted by atomic mass is 32.2. The van der Waals surface area contributed by atoms with E-state index in [2.05, 4.69) is 15.1 Å². The second kappa shape index (κ2) is 3.16. The van der Waals surface area contributed by atoms with Gasteiger partial charge in [-0.2, -0.15) is 9.50 Å². The fourth-order valence-corrected chi connectivity index (χ4v) is 1.80. The fourth-order valence-electron chi connectivity index (χ4n) is 1.17. The van der Waals surface area contributed by atoms with Gasteiger partial charge in [-0.3, -0.25) is 9.89 Å². The van der Waals surface area contributed by atoms with Gasteiger partial charge in [0.15, 0.2) is 9.84 Å². The lowest BCUT2D eigenvalue weighted by Crippen LogP contribution is -2.13. The molecule has 0 radical (unpaired) electrons. The largest absolute Gasteiger partial charge is 0.274 e. The third-order valence-corrected chi connectivity index (χ3v) is 2.50. The molecule has 7 nitrogen and oxygen atoms in total. The van der Waals surface area contributed by atoms with E-state index in [1.807, 2.05) is 0 Å². The van der Waals surface area contributed by atoms with Crippen LogP contribution >= 0.6 is 0 Å². The number of H-pyrrole nitrogens is 1. The molecule has 2 rings (SSSR count). The minimum absolute atomic E-state index is 0.168. The summed E-state index contributed by atoms with van der Waals surface area (Å²) >= 11 is 0. The van der Waals surface area contributed by atoms with Crippen LogP contribution in [-0.4, -0.2) is 34.3 Å². The van der Waals surface area contributed by atoms with Crippen molar-refractivity contribution in [2.24, 2.45) is 0 Å². The molecule has 0 fully saturated rings. The summed E-state index contributed by atoms with van der Waals surface area (Å²) in [5, 5.41) is 2.57. The molecule has 2 heterocycles. The van der Waals surface area contributed by atoms with Crippen molar-refractivity contribution in [3.8, 4) is 0 Å². The highest BCUT2D eigenvalue weighted by Crippen LogP contribution is 1.99. The second-order valence-corrected chi connectivity index (χ2v) is 5.30. The molecule has 15 heavy (non-hydrogen) atoms. The summed E-state index contributed by atoms with van der Waals surface area (Å²) < 4.78 is 23.1. The van der Waals surface area contributed by atoms with Gasteiger partial charge in [-0.1, -0.05) is 0 Å². The molecule has 0 aliphatic carbocycles. The topological polar surface area (TPSA) is 97.2 Å². The molecule has 0 amide bonds. The number of fused-ring (bicyclic) bond motifs is 1. The molecule has 2 aromatic heterocycles. The van der Waals surface area contributed by atoms with Gasteiger partial charge in [0.2, 0.25) is 0 Å². The average Bonchev–Trinajstić information content (AvgIpc) is 2.45. The molecule has 0 aliphatic rings. The maximum atomic E-state index is 11.3. The van der Waals surface area contributed by atoms with Crippen molar-refractivity contribution in [3.05, 3.63) is 28.4 Å². The Morgan fingerprint density at radius 3 is 2.87 bits per heavy atom. The van der Waals surface area contributed by atoms with E-state index in [9.17, 15) is 13.2 Å². The minimum atomic E-state index is -3.17. The first-order chi connectivity index (χ1) is 6.96. The predicted octanol–water partition coefficient (Wildman–Crippen LogP) is -1.04. The third-order valence-electron chi connectivity index (χ3n) is 1.70. The lowest BCUT2D eigenvalue weighted by molar-refractivity contribution is 0.599. The molecular weight excluding hydrogens is 220 g/mol. The van der Waals surface area contributed by atoms with E-state index in [1.165, 1.54) is 12.3 Å². The van der Waals surface area contributed by atoms with E-state index < -0.39 is 9.84 Å². The van der Waals surface area contributed by atoms with Crippen LogP contribution in [0.1, 0.15) is 5.82 Å². The van der Waals surface area contributed by atoms with Crippen molar-refractivity contribution in [1.82, 2.24) is 19.6 Å². The van der Waals surface area contributed by atoms with Gasteiger partial charge in [0.1, 0.15) is 11.6 Å². The number of nitrogens with one attached hydrogen (secondary N) is 1. The Hall–Kier alpha value is -1.70. The molecule has 0 saturated carbocycles. The summed E-state index contributed by atoms with van der Waals surface area (Å²) in [6.45, 7) is 0. The van der Waals surface area contributed by atoms with Crippen LogP contribution in [0.3, 0.4) is 0 Å². The third kappa shape index (κ3) is 2.04. The number of hydrogen-bond donors (Lipinski definition) is 1. The Morgan fingerprint density at radius 1 is 1.53 bits per heavy atom. The molecule has 0 aliphatic heterocycles. The number of aromatic amines is 1. The zero-order chi connectivity index (χ0) is 11.1. The summed E-state index contributed by atoms with van der Waals surface area (Å²) in [5.74, 6) is 0.130. The number of hydrogen-bond acceptors (Lipinski definition) is 5. The van der Waals surface area contributed by atoms with Gasteiger partial charge in [0.05, 0.1) is 0 Å². The summed E-state index contributed by atoms with van der Waals surface area (Å²) in [6, 6.07) is 1.26. The molecule has 80 valence electrons. The second-order valence-electron chi connectivity index (χ2n) is 3.16. The smallest absolute Gasteiger partial charge is 0.273 e. The van der Waals surface area contributed by atoms with E-state index in [0.717, 1.165) is 10.8 Å². The normalized spacial score (nSPS) is 12.1. The highest BCUT2D eigenvalue weighted by Gasteiger charge is 2.10. The Labute approximate surface area is 84.7 Å². The SMILES string of the molecule is CS(=O)(=O)Cc1nc2nccc(=O)n2[nH]1. The van der Waals surface area contributed by atoms with Crippen LogP contribution < -0.4 is 5.56 Å². The van der Waals surface area contributed by atoms with E-state index >= 15 is 0 Å². The summed E-state index contributed by atoms with van der Waals surface area (Å²) in [5.41, 5.74) is -0.327. The quantitative estimate of drug-likeness (QED) is 0.708. The van der Waals surface area contributed by atoms with Crippen LogP contribution in [0.4, 0.5) is 0 Å². The lowest BCUT2D eigenvalue weighted by Gasteiger charge is -1.90. The number of rotatable bonds is 2. The van der Waals surface area contributed by atoms with E-state index in [1.54, 1.807) is 0 Å². The van der Waals surface area contributed by atoms with Crippen LogP contribution in [0, 0.1) is 0 Å². The molecular formula is C7H8N4O3S. The number of nitrogens with zero attached hydrogens (tertiary/aromatic N) is 3. The van der Waals surface area contributed by atoms with Gasteiger partial charge in [-0.05, 0) is 0 Å². The Morgan fingerprint density at radius 2 is 2.27 bits per heavy atom. The Balaban J connectivity index is 2.58. The average molecular weight is 228 g/mol. The van der Waals surface area contributed by atoms with Crippen LogP contribution in [-0.2, 0) is 15.6 Å². The van der Waals surface area contributed by atoms with Gasteiger partial charge in [-0.25, -0.2) is 13.4 Å². The molecule has 8 heteroatoms. The first-order valence-corrected chi connectivity index (χ1v) is 6.12. The first-order valence-electron chi connectivity index (χ1n) is 4.06. The maximum Gasteiger partial charge on any atom is 0.273 e. The molecule has 0 unspecified atom stereocenters. The number of sulfone groups is 1. The van der Waals surface area contributed by atoms with E-state index in [0.29, 0.717) is 0 Å². The molecule has 0 bridgehead atoms. The van der Waals surface area contributed by atoms with Crippen molar-refractivity contribution in [1.29, 1.82) is 0 Å². The van der Waals surface area contributed by atoms with Gasteiger partial charge < -0.3 is 0 Å². The van der Waals surface area contributed by atoms with Crippen molar-refractivity contribution in [3.63, 3.8) is 0 Å². The molecule has 0 atom stereocenters. The van der Waals surface area contributed by atoms with Crippen molar-refractivity contribution < 1.29 is 8.42 Å². The molecule has 0 aromatic carbocycles. The summed E-state index contributed by atoms with van der Waals surface area (Å²) in [4.78, 5) is 19.0. The van der Waals surface area contributed by atoms with Gasteiger partial charge >= 0.3 is 0 Å². The van der Waals surface area contributed by atoms with Crippen LogP contribution in [0.15, 0.2) is 17.1 Å². The maximum absolute atomic E-state index is 11.3. The molecule has 1 N–H and O–H groups in total. The first kappa shape index (κ1) is 9.84. The van der Waals surface area contributed by atoms with Gasteiger partial charge in [0.25, 0.3) is 11.3 Å². The number of aromatic nitrogens is 4. The summed E-state index contributed by atoms with van der Waals surface area (Å²) in [7, 11) is -3.17. The predicted molar refractivity (Wildman–Crippen MR) is 52.2 cm³/mol. The Kier molecular flexibility index (Phi) is 2.07. The monoisotopic (exact) mass is 228 g/mol. The minimum Gasteiger partial charge on any atom is -0.274 e. The standard InChI is InChI=1S/C7H8N4O3S/c1-15(13,14)4-5-9-7-8-3-2-6(12)11(7)10-5/h2-3H,4H2,1H3,(H,8,9,10). The zero-order valence-electron chi connectivity index (χ0n) is 7.84. The summed E-state index contributed by atoms with van der Waals surface area (Å²) in [6.07, 6.45) is 2.42. The molecule has 2 aromatic rings. The lowest BCUT2D eigenvalue weighted by atomic mass is 10.7. The molecule has 0 spiro atoms. The molecule has 0 saturated heterocycles. The van der Waals surface area contributed by atoms with Crippen molar-refractivity contribution in [2.75, 3.05) is 6.26 Å². The van der Waals surface area contributed by atoms with E-state index in [4.69, 9.17) is 0 Å². The van der Waals surface area contributed by atoms with Crippen LogP contribution in [0.5, 0.6) is 0 Å². The Bertz CT molecular complexity index is 654. The van der Waals surface area contributed by atoms with E-state index in [-0.39, 0.29) is 22.9 Å². The van der Waals surface area contributed by atoms with Crippen LogP contribution in [0.2, 0.25) is 0 Å². The van der Waals surface area contributed by atoms with Crippen LogP contribution in [0.25, 0.3) is 5.78 Å². The van der Waals surface area contributed by atoms with Gasteiger partial charge in [0, 0.05) is 18.5 Å². The van der Waals surface area contributed by atoms with Gasteiger partial charge in [-0.15, -0.1) is 0 Å². The highest BCUT2D eigenvalue weighted by molar-refractivity contribution is 7.89. The zero-order valence-corrected chi connectivity index (χ0v) is 8.65. The van der Waals surface area contributed by atoms with Crippen molar-refractivity contribution >= 4 is 15.6 Å². The van der Waals surface area contributed by atoms with Crippen molar-refractivity contribution in [2.45, 2.75) is 5.75 Å².